The maximum atomic E-state index is 11.8. The Hall–Kier alpha value is -2.30. The number of amides is 2. The highest BCUT2D eigenvalue weighted by atomic mass is 16.4. The molecule has 2 rings (SSSR count). The van der Waals surface area contributed by atoms with E-state index in [-0.39, 0.29) is 24.4 Å². The highest BCUT2D eigenvalue weighted by Crippen LogP contribution is 2.21. The summed E-state index contributed by atoms with van der Waals surface area (Å²) in [5.41, 5.74) is 1.65. The van der Waals surface area contributed by atoms with Crippen LogP contribution < -0.4 is 10.6 Å². The first kappa shape index (κ1) is 15.1. The number of rotatable bonds is 5. The molecule has 1 aliphatic carbocycles. The molecule has 1 unspecified atom stereocenters. The average Bonchev–Trinajstić information content (AvgIpc) is 2.91. The van der Waals surface area contributed by atoms with Gasteiger partial charge in [0.05, 0.1) is 6.42 Å². The van der Waals surface area contributed by atoms with Gasteiger partial charge in [-0.25, -0.2) is 4.79 Å². The third kappa shape index (κ3) is 4.63. The van der Waals surface area contributed by atoms with Crippen LogP contribution in [0.2, 0.25) is 0 Å². The molecule has 1 aromatic carbocycles. The molecule has 1 aliphatic rings. The number of carboxylic acid groups (broad SMARTS) is 1. The van der Waals surface area contributed by atoms with Crippen LogP contribution in [0.3, 0.4) is 0 Å². The minimum absolute atomic E-state index is 0.0464. The Bertz CT molecular complexity index is 529. The van der Waals surface area contributed by atoms with Gasteiger partial charge in [-0.3, -0.25) is 4.79 Å². The fourth-order valence-electron chi connectivity index (χ4n) is 2.36. The van der Waals surface area contributed by atoms with Gasteiger partial charge in [0.25, 0.3) is 0 Å². The number of hydrogen-bond donors (Lipinski definition) is 3. The second kappa shape index (κ2) is 6.92. The molecule has 1 aromatic rings. The SMILES string of the molecule is CC(CC(=O)O)c1ccc(NC(=O)NC2CC=CC2)cc1. The van der Waals surface area contributed by atoms with Gasteiger partial charge in [0.15, 0.2) is 0 Å². The maximum Gasteiger partial charge on any atom is 0.319 e. The number of carbonyl (C=O) groups excluding carboxylic acids is 1. The Kier molecular flexibility index (Phi) is 4.98. The predicted octanol–water partition coefficient (Wildman–Crippen LogP) is 3.10. The highest BCUT2D eigenvalue weighted by Gasteiger charge is 2.13. The zero-order valence-electron chi connectivity index (χ0n) is 12.0. The van der Waals surface area contributed by atoms with Gasteiger partial charge in [0.1, 0.15) is 0 Å². The van der Waals surface area contributed by atoms with E-state index >= 15 is 0 Å². The molecule has 2 amide bonds. The minimum Gasteiger partial charge on any atom is -0.481 e. The summed E-state index contributed by atoms with van der Waals surface area (Å²) in [6.45, 7) is 1.87. The van der Waals surface area contributed by atoms with Crippen LogP contribution >= 0.6 is 0 Å². The van der Waals surface area contributed by atoms with Crippen LogP contribution in [-0.4, -0.2) is 23.1 Å². The molecule has 112 valence electrons. The molecule has 5 nitrogen and oxygen atoms in total. The molecule has 21 heavy (non-hydrogen) atoms. The second-order valence-corrected chi connectivity index (χ2v) is 5.36. The zero-order valence-corrected chi connectivity index (χ0v) is 12.0. The summed E-state index contributed by atoms with van der Waals surface area (Å²) < 4.78 is 0. The van der Waals surface area contributed by atoms with Gasteiger partial charge >= 0.3 is 12.0 Å². The number of aliphatic carboxylic acids is 1. The lowest BCUT2D eigenvalue weighted by atomic mass is 9.98. The van der Waals surface area contributed by atoms with Gasteiger partial charge in [-0.1, -0.05) is 31.2 Å². The third-order valence-electron chi connectivity index (χ3n) is 3.56. The Labute approximate surface area is 124 Å². The van der Waals surface area contributed by atoms with E-state index in [9.17, 15) is 9.59 Å². The number of anilines is 1. The summed E-state index contributed by atoms with van der Waals surface area (Å²) in [7, 11) is 0. The molecule has 0 aromatic heterocycles. The quantitative estimate of drug-likeness (QED) is 0.728. The molecule has 0 heterocycles. The first-order valence-electron chi connectivity index (χ1n) is 7.09. The summed E-state index contributed by atoms with van der Waals surface area (Å²) in [4.78, 5) is 22.5. The van der Waals surface area contributed by atoms with Crippen LogP contribution in [0.4, 0.5) is 10.5 Å². The van der Waals surface area contributed by atoms with E-state index in [0.29, 0.717) is 5.69 Å². The fourth-order valence-corrected chi connectivity index (χ4v) is 2.36. The van der Waals surface area contributed by atoms with E-state index in [0.717, 1.165) is 18.4 Å². The van der Waals surface area contributed by atoms with E-state index in [1.807, 2.05) is 19.1 Å². The van der Waals surface area contributed by atoms with Crippen molar-refractivity contribution >= 4 is 17.7 Å². The molecule has 0 saturated heterocycles. The predicted molar refractivity (Wildman–Crippen MR) is 81.4 cm³/mol. The van der Waals surface area contributed by atoms with Gasteiger partial charge < -0.3 is 15.7 Å². The largest absolute Gasteiger partial charge is 0.481 e. The minimum atomic E-state index is -0.811. The van der Waals surface area contributed by atoms with Crippen molar-refractivity contribution in [3.8, 4) is 0 Å². The zero-order chi connectivity index (χ0) is 15.2. The topological polar surface area (TPSA) is 78.4 Å². The third-order valence-corrected chi connectivity index (χ3v) is 3.56. The average molecular weight is 288 g/mol. The van der Waals surface area contributed by atoms with Crippen molar-refractivity contribution in [1.82, 2.24) is 5.32 Å². The molecule has 0 radical (unpaired) electrons. The Balaban J connectivity index is 1.86. The van der Waals surface area contributed by atoms with Gasteiger partial charge in [0, 0.05) is 11.7 Å². The van der Waals surface area contributed by atoms with E-state index in [1.165, 1.54) is 0 Å². The molecular weight excluding hydrogens is 268 g/mol. The normalized spacial score (nSPS) is 15.7. The van der Waals surface area contributed by atoms with Gasteiger partial charge in [-0.15, -0.1) is 0 Å². The summed E-state index contributed by atoms with van der Waals surface area (Å²) in [5.74, 6) is -0.857. The van der Waals surface area contributed by atoms with Crippen molar-refractivity contribution in [3.63, 3.8) is 0 Å². The standard InChI is InChI=1S/C16H20N2O3/c1-11(10-15(19)20)12-6-8-14(9-7-12)18-16(21)17-13-4-2-3-5-13/h2-3,6-9,11,13H,4-5,10H2,1H3,(H,19,20)(H2,17,18,21). The van der Waals surface area contributed by atoms with Crippen LogP contribution in [0.15, 0.2) is 36.4 Å². The number of nitrogens with one attached hydrogen (secondary N) is 2. The molecule has 0 aliphatic heterocycles. The van der Waals surface area contributed by atoms with Gasteiger partial charge in [-0.05, 0) is 36.5 Å². The van der Waals surface area contributed by atoms with Crippen molar-refractivity contribution in [2.75, 3.05) is 5.32 Å². The second-order valence-electron chi connectivity index (χ2n) is 5.36. The summed E-state index contributed by atoms with van der Waals surface area (Å²) in [6.07, 6.45) is 5.97. The summed E-state index contributed by atoms with van der Waals surface area (Å²) >= 11 is 0. The van der Waals surface area contributed by atoms with Gasteiger partial charge in [-0.2, -0.15) is 0 Å². The highest BCUT2D eigenvalue weighted by molar-refractivity contribution is 5.89. The Morgan fingerprint density at radius 2 is 1.86 bits per heavy atom. The van der Waals surface area contributed by atoms with E-state index < -0.39 is 5.97 Å². The number of benzene rings is 1. The van der Waals surface area contributed by atoms with Crippen LogP contribution in [0, 0.1) is 0 Å². The van der Waals surface area contributed by atoms with Crippen molar-refractivity contribution in [3.05, 3.63) is 42.0 Å². The number of carbonyl (C=O) groups is 2. The van der Waals surface area contributed by atoms with E-state index in [2.05, 4.69) is 22.8 Å². The van der Waals surface area contributed by atoms with Crippen molar-refractivity contribution in [2.45, 2.75) is 38.1 Å². The van der Waals surface area contributed by atoms with E-state index in [1.54, 1.807) is 12.1 Å². The van der Waals surface area contributed by atoms with Crippen LogP contribution in [0.25, 0.3) is 0 Å². The van der Waals surface area contributed by atoms with Crippen LogP contribution in [0.5, 0.6) is 0 Å². The van der Waals surface area contributed by atoms with Crippen molar-refractivity contribution in [2.24, 2.45) is 0 Å². The summed E-state index contributed by atoms with van der Waals surface area (Å²) in [6, 6.07) is 7.25. The summed E-state index contributed by atoms with van der Waals surface area (Å²) in [5, 5.41) is 14.5. The molecule has 3 N–H and O–H groups in total. The molecule has 1 atom stereocenters. The van der Waals surface area contributed by atoms with Crippen molar-refractivity contribution < 1.29 is 14.7 Å². The van der Waals surface area contributed by atoms with Crippen molar-refractivity contribution in [1.29, 1.82) is 0 Å². The maximum absolute atomic E-state index is 11.8. The molecule has 0 fully saturated rings. The first-order chi connectivity index (χ1) is 10.0. The lowest BCUT2D eigenvalue weighted by Gasteiger charge is -2.14. The molecule has 0 spiro atoms. The Morgan fingerprint density at radius 3 is 2.43 bits per heavy atom. The smallest absolute Gasteiger partial charge is 0.319 e. The van der Waals surface area contributed by atoms with Crippen LogP contribution in [0.1, 0.15) is 37.7 Å². The number of carboxylic acids is 1. The molecule has 0 saturated carbocycles. The van der Waals surface area contributed by atoms with Gasteiger partial charge in [0.2, 0.25) is 0 Å². The molecule has 5 heteroatoms. The molecular formula is C16H20N2O3. The number of hydrogen-bond acceptors (Lipinski definition) is 2. The monoisotopic (exact) mass is 288 g/mol. The molecule has 0 bridgehead atoms. The van der Waals surface area contributed by atoms with E-state index in [4.69, 9.17) is 5.11 Å². The lowest BCUT2D eigenvalue weighted by molar-refractivity contribution is -0.137. The Morgan fingerprint density at radius 1 is 1.24 bits per heavy atom. The fraction of sp³-hybridized carbons (Fsp3) is 0.375. The number of urea groups is 1. The first-order valence-corrected chi connectivity index (χ1v) is 7.09. The lowest BCUT2D eigenvalue weighted by Crippen LogP contribution is -2.36. The van der Waals surface area contributed by atoms with Crippen LogP contribution in [-0.2, 0) is 4.79 Å².